The molecule has 0 radical (unpaired) electrons. The van der Waals surface area contributed by atoms with Gasteiger partial charge < -0.3 is 5.73 Å². The number of hydrogen-bond acceptors (Lipinski definition) is 6. The molecule has 2 heterocycles. The Morgan fingerprint density at radius 3 is 2.55 bits per heavy atom. The van der Waals surface area contributed by atoms with Gasteiger partial charge in [0.15, 0.2) is 17.5 Å². The van der Waals surface area contributed by atoms with Gasteiger partial charge in [0.05, 0.1) is 17.6 Å². The SMILES string of the molecule is Cc1cnc(/C(F)=C/c2cc(F)c(F)c([C@]3(C)CS(=O)(=O)N(C)C(N)=N3)c2)cn1. The highest BCUT2D eigenvalue weighted by Crippen LogP contribution is 2.35. The largest absolute Gasteiger partial charge is 0.369 e. The van der Waals surface area contributed by atoms with Crippen molar-refractivity contribution >= 4 is 27.9 Å². The standard InChI is InChI=1S/C18H18F3N5O2S/c1-10-7-24-15(8-23-10)13(19)5-11-4-12(16(21)14(20)6-11)18(2)9-29(27,28)26(3)17(22)25-18/h4-8H,9H2,1-3H3,(H2,22,25)/b13-5-/t18-/m0/s1. The summed E-state index contributed by atoms with van der Waals surface area (Å²) in [6.45, 7) is 3.00. The van der Waals surface area contributed by atoms with Gasteiger partial charge in [-0.05, 0) is 37.6 Å². The fraction of sp³-hybridized carbons (Fsp3) is 0.278. The average molecular weight is 425 g/mol. The van der Waals surface area contributed by atoms with Gasteiger partial charge in [-0.3, -0.25) is 9.97 Å². The molecular formula is C18H18F3N5O2S. The third-order valence-corrected chi connectivity index (χ3v) is 6.46. The van der Waals surface area contributed by atoms with Crippen LogP contribution in [0.3, 0.4) is 0 Å². The van der Waals surface area contributed by atoms with E-state index in [1.165, 1.54) is 26.4 Å². The van der Waals surface area contributed by atoms with Crippen molar-refractivity contribution in [2.75, 3.05) is 12.8 Å². The molecule has 0 unspecified atom stereocenters. The van der Waals surface area contributed by atoms with E-state index in [9.17, 15) is 21.6 Å². The van der Waals surface area contributed by atoms with Gasteiger partial charge in [-0.2, -0.15) is 0 Å². The third kappa shape index (κ3) is 3.95. The van der Waals surface area contributed by atoms with Crippen LogP contribution in [0.15, 0.2) is 29.5 Å². The first-order valence-electron chi connectivity index (χ1n) is 8.40. The van der Waals surface area contributed by atoms with E-state index in [-0.39, 0.29) is 22.8 Å². The van der Waals surface area contributed by atoms with Crippen LogP contribution in [0, 0.1) is 18.6 Å². The lowest BCUT2D eigenvalue weighted by Crippen LogP contribution is -2.50. The third-order valence-electron chi connectivity index (χ3n) is 4.51. The second kappa shape index (κ2) is 7.14. The molecule has 0 amide bonds. The highest BCUT2D eigenvalue weighted by atomic mass is 32.2. The lowest BCUT2D eigenvalue weighted by atomic mass is 9.92. The zero-order chi connectivity index (χ0) is 21.6. The Morgan fingerprint density at radius 1 is 1.28 bits per heavy atom. The summed E-state index contributed by atoms with van der Waals surface area (Å²) < 4.78 is 68.7. The van der Waals surface area contributed by atoms with Crippen LogP contribution in [0.25, 0.3) is 11.9 Å². The number of halogens is 3. The quantitative estimate of drug-likeness (QED) is 0.813. The smallest absolute Gasteiger partial charge is 0.239 e. The van der Waals surface area contributed by atoms with Crippen molar-refractivity contribution in [3.8, 4) is 0 Å². The van der Waals surface area contributed by atoms with Gasteiger partial charge in [0.25, 0.3) is 0 Å². The molecule has 154 valence electrons. The minimum Gasteiger partial charge on any atom is -0.369 e. The van der Waals surface area contributed by atoms with E-state index in [0.29, 0.717) is 5.69 Å². The molecule has 11 heteroatoms. The number of aryl methyl sites for hydroxylation is 1. The van der Waals surface area contributed by atoms with Crippen LogP contribution in [0.5, 0.6) is 0 Å². The van der Waals surface area contributed by atoms with Crippen molar-refractivity contribution in [2.24, 2.45) is 10.7 Å². The lowest BCUT2D eigenvalue weighted by Gasteiger charge is -2.34. The van der Waals surface area contributed by atoms with E-state index >= 15 is 0 Å². The molecule has 0 saturated carbocycles. The molecule has 0 spiro atoms. The fourth-order valence-corrected chi connectivity index (χ4v) is 4.36. The number of nitrogens with zero attached hydrogens (tertiary/aromatic N) is 4. The molecule has 3 rings (SSSR count). The van der Waals surface area contributed by atoms with Crippen molar-refractivity contribution in [1.82, 2.24) is 14.3 Å². The number of benzene rings is 1. The number of hydrogen-bond donors (Lipinski definition) is 1. The topological polar surface area (TPSA) is 102 Å². The normalized spacial score (nSPS) is 21.8. The van der Waals surface area contributed by atoms with Crippen LogP contribution >= 0.6 is 0 Å². The molecule has 1 aliphatic rings. The summed E-state index contributed by atoms with van der Waals surface area (Å²) in [6, 6.07) is 1.93. The monoisotopic (exact) mass is 425 g/mol. The Balaban J connectivity index is 2.11. The van der Waals surface area contributed by atoms with Gasteiger partial charge in [0, 0.05) is 18.8 Å². The van der Waals surface area contributed by atoms with Crippen molar-refractivity contribution in [1.29, 1.82) is 0 Å². The maximum Gasteiger partial charge on any atom is 0.239 e. The number of aromatic nitrogens is 2. The first-order valence-corrected chi connectivity index (χ1v) is 10.0. The van der Waals surface area contributed by atoms with Crippen LogP contribution in [0.1, 0.15) is 29.4 Å². The van der Waals surface area contributed by atoms with Crippen LogP contribution < -0.4 is 5.73 Å². The van der Waals surface area contributed by atoms with Gasteiger partial charge in [0.2, 0.25) is 16.0 Å². The molecule has 1 atom stereocenters. The Labute approximate surface area is 165 Å². The molecule has 1 aromatic heterocycles. The highest BCUT2D eigenvalue weighted by Gasteiger charge is 2.42. The van der Waals surface area contributed by atoms with E-state index in [1.807, 2.05) is 0 Å². The van der Waals surface area contributed by atoms with Crippen molar-refractivity contribution in [3.63, 3.8) is 0 Å². The van der Waals surface area contributed by atoms with Crippen LogP contribution in [-0.4, -0.2) is 41.5 Å². The van der Waals surface area contributed by atoms with Gasteiger partial charge in [-0.25, -0.2) is 30.9 Å². The molecule has 2 N–H and O–H groups in total. The number of sulfonamides is 1. The highest BCUT2D eigenvalue weighted by molar-refractivity contribution is 7.89. The van der Waals surface area contributed by atoms with Crippen molar-refractivity contribution < 1.29 is 21.6 Å². The Bertz CT molecular complexity index is 1130. The van der Waals surface area contributed by atoms with Crippen LogP contribution in [0.2, 0.25) is 0 Å². The predicted molar refractivity (Wildman–Crippen MR) is 103 cm³/mol. The second-order valence-corrected chi connectivity index (χ2v) is 8.87. The number of rotatable bonds is 3. The van der Waals surface area contributed by atoms with Gasteiger partial charge in [-0.1, -0.05) is 0 Å². The van der Waals surface area contributed by atoms with Crippen molar-refractivity contribution in [2.45, 2.75) is 19.4 Å². The fourth-order valence-electron chi connectivity index (χ4n) is 2.91. The minimum absolute atomic E-state index is 0.0369. The number of aliphatic imine (C=N–C) groups is 1. The molecule has 0 aliphatic carbocycles. The summed E-state index contributed by atoms with van der Waals surface area (Å²) in [6.07, 6.45) is 3.52. The van der Waals surface area contributed by atoms with E-state index in [0.717, 1.165) is 22.5 Å². The first-order chi connectivity index (χ1) is 13.4. The van der Waals surface area contributed by atoms with Crippen LogP contribution in [0.4, 0.5) is 13.2 Å². The predicted octanol–water partition coefficient (Wildman–Crippen LogP) is 2.34. The molecule has 7 nitrogen and oxygen atoms in total. The summed E-state index contributed by atoms with van der Waals surface area (Å²) >= 11 is 0. The zero-order valence-corrected chi connectivity index (χ0v) is 16.6. The van der Waals surface area contributed by atoms with E-state index in [4.69, 9.17) is 5.73 Å². The Hall–Kier alpha value is -2.95. The summed E-state index contributed by atoms with van der Waals surface area (Å²) in [5.41, 5.74) is 4.07. The molecule has 0 fully saturated rings. The Morgan fingerprint density at radius 2 is 1.97 bits per heavy atom. The van der Waals surface area contributed by atoms with E-state index in [2.05, 4.69) is 15.0 Å². The summed E-state index contributed by atoms with van der Waals surface area (Å²) in [5.74, 6) is -4.37. The summed E-state index contributed by atoms with van der Waals surface area (Å²) in [5, 5.41) is 0. The van der Waals surface area contributed by atoms with Gasteiger partial charge in [0.1, 0.15) is 11.2 Å². The molecular weight excluding hydrogens is 407 g/mol. The van der Waals surface area contributed by atoms with Crippen molar-refractivity contribution in [3.05, 3.63) is 58.7 Å². The van der Waals surface area contributed by atoms with E-state index < -0.39 is 38.8 Å². The lowest BCUT2D eigenvalue weighted by molar-refractivity contribution is 0.435. The number of guanidine groups is 1. The Kier molecular flexibility index (Phi) is 5.11. The average Bonchev–Trinajstić information content (AvgIpc) is 2.62. The maximum atomic E-state index is 14.6. The molecule has 2 aromatic rings. The zero-order valence-electron chi connectivity index (χ0n) is 15.8. The minimum atomic E-state index is -3.90. The second-order valence-electron chi connectivity index (χ2n) is 6.87. The first kappa shape index (κ1) is 20.8. The molecule has 1 aromatic carbocycles. The molecule has 0 saturated heterocycles. The maximum absolute atomic E-state index is 14.6. The molecule has 29 heavy (non-hydrogen) atoms. The number of nitrogens with two attached hydrogens (primary N) is 1. The van der Waals surface area contributed by atoms with Gasteiger partial charge in [-0.15, -0.1) is 0 Å². The summed E-state index contributed by atoms with van der Waals surface area (Å²) in [7, 11) is -2.69. The molecule has 0 bridgehead atoms. The van der Waals surface area contributed by atoms with Gasteiger partial charge >= 0.3 is 0 Å². The van der Waals surface area contributed by atoms with Crippen LogP contribution in [-0.2, 0) is 15.6 Å². The summed E-state index contributed by atoms with van der Waals surface area (Å²) in [4.78, 5) is 11.9. The van der Waals surface area contributed by atoms with E-state index in [1.54, 1.807) is 6.92 Å². The molecule has 1 aliphatic heterocycles.